The van der Waals surface area contributed by atoms with Crippen LogP contribution in [0.3, 0.4) is 0 Å². The maximum atomic E-state index is 13.3. The summed E-state index contributed by atoms with van der Waals surface area (Å²) in [5, 5.41) is 27.8. The number of amides is 3. The standard InChI is InChI=1S/C28H35N5O6/c1-16(2)24(29)27(37)31-21(13-18-14-30-20-11-7-6-10-19(18)20)25(35)33-23(15-34)26(36)32-22(28(38)39)12-17-8-4-3-5-9-17/h3-11,14,16,21-24,30,34H,12-13,15,29H2,1-2H3,(H,31,37)(H,32,36)(H,33,35)(H,38,39). The number of aromatic nitrogens is 1. The fourth-order valence-corrected chi connectivity index (χ4v) is 4.09. The van der Waals surface area contributed by atoms with Crippen LogP contribution in [0.25, 0.3) is 10.9 Å². The van der Waals surface area contributed by atoms with Crippen LogP contribution >= 0.6 is 0 Å². The Morgan fingerprint density at radius 3 is 2.05 bits per heavy atom. The van der Waals surface area contributed by atoms with Crippen LogP contribution in [0.5, 0.6) is 0 Å². The summed E-state index contributed by atoms with van der Waals surface area (Å²) >= 11 is 0. The molecule has 1 heterocycles. The third-order valence-electron chi connectivity index (χ3n) is 6.47. The average molecular weight is 538 g/mol. The summed E-state index contributed by atoms with van der Waals surface area (Å²) in [6.07, 6.45) is 1.83. The third-order valence-corrected chi connectivity index (χ3v) is 6.47. The molecule has 4 unspecified atom stereocenters. The first-order valence-corrected chi connectivity index (χ1v) is 12.7. The first-order chi connectivity index (χ1) is 18.6. The van der Waals surface area contributed by atoms with Crippen molar-refractivity contribution < 1.29 is 29.4 Å². The Balaban J connectivity index is 1.76. The Bertz CT molecular complexity index is 1290. The number of hydrogen-bond acceptors (Lipinski definition) is 6. The summed E-state index contributed by atoms with van der Waals surface area (Å²) in [5.74, 6) is -3.58. The normalized spacial score (nSPS) is 14.3. The lowest BCUT2D eigenvalue weighted by atomic mass is 10.0. The highest BCUT2D eigenvalue weighted by Crippen LogP contribution is 2.19. The van der Waals surface area contributed by atoms with Gasteiger partial charge in [-0.3, -0.25) is 14.4 Å². The number of para-hydroxylation sites is 1. The highest BCUT2D eigenvalue weighted by Gasteiger charge is 2.31. The first-order valence-electron chi connectivity index (χ1n) is 12.7. The second-order valence-corrected chi connectivity index (χ2v) is 9.73. The fraction of sp³-hybridized carbons (Fsp3) is 0.357. The molecule has 1 aromatic heterocycles. The molecular weight excluding hydrogens is 502 g/mol. The molecule has 39 heavy (non-hydrogen) atoms. The van der Waals surface area contributed by atoms with E-state index in [2.05, 4.69) is 20.9 Å². The number of nitrogens with two attached hydrogens (primary N) is 1. The van der Waals surface area contributed by atoms with Gasteiger partial charge in [-0.2, -0.15) is 0 Å². The number of nitrogens with one attached hydrogen (secondary N) is 4. The van der Waals surface area contributed by atoms with E-state index >= 15 is 0 Å². The summed E-state index contributed by atoms with van der Waals surface area (Å²) < 4.78 is 0. The Morgan fingerprint density at radius 1 is 0.821 bits per heavy atom. The molecule has 0 aliphatic rings. The lowest BCUT2D eigenvalue weighted by Crippen LogP contribution is -2.59. The lowest BCUT2D eigenvalue weighted by molar-refractivity contribution is -0.142. The van der Waals surface area contributed by atoms with Crippen molar-refractivity contribution in [2.75, 3.05) is 6.61 Å². The Hall–Kier alpha value is -4.22. The van der Waals surface area contributed by atoms with Gasteiger partial charge in [-0.15, -0.1) is 0 Å². The number of rotatable bonds is 13. The van der Waals surface area contributed by atoms with Crippen molar-refractivity contribution in [2.45, 2.75) is 50.9 Å². The molecule has 0 fully saturated rings. The second kappa shape index (κ2) is 13.5. The minimum Gasteiger partial charge on any atom is -0.480 e. The van der Waals surface area contributed by atoms with Crippen molar-refractivity contribution in [1.29, 1.82) is 0 Å². The summed E-state index contributed by atoms with van der Waals surface area (Å²) in [6, 6.07) is 11.5. The molecule has 3 amide bonds. The van der Waals surface area contributed by atoms with Gasteiger partial charge in [-0.05, 0) is 23.1 Å². The minimum atomic E-state index is -1.45. The Labute approximate surface area is 226 Å². The smallest absolute Gasteiger partial charge is 0.326 e. The SMILES string of the molecule is CC(C)C(N)C(=O)NC(Cc1c[nH]c2ccccc12)C(=O)NC(CO)C(=O)NC(Cc1ccccc1)C(=O)O. The Morgan fingerprint density at radius 2 is 1.41 bits per heavy atom. The second-order valence-electron chi connectivity index (χ2n) is 9.73. The molecule has 11 heteroatoms. The molecule has 4 atom stereocenters. The highest BCUT2D eigenvalue weighted by atomic mass is 16.4. The van der Waals surface area contributed by atoms with Crippen LogP contribution < -0.4 is 21.7 Å². The zero-order chi connectivity index (χ0) is 28.5. The maximum absolute atomic E-state index is 13.3. The molecule has 11 nitrogen and oxygen atoms in total. The molecule has 2 aromatic carbocycles. The van der Waals surface area contributed by atoms with Crippen LogP contribution in [0.1, 0.15) is 25.0 Å². The number of benzene rings is 2. The number of carboxylic acids is 1. The molecule has 3 rings (SSSR count). The molecule has 8 N–H and O–H groups in total. The van der Waals surface area contributed by atoms with E-state index in [1.165, 1.54) is 0 Å². The van der Waals surface area contributed by atoms with Gasteiger partial charge in [0.1, 0.15) is 18.1 Å². The van der Waals surface area contributed by atoms with Crippen molar-refractivity contribution >= 4 is 34.6 Å². The average Bonchev–Trinajstić information content (AvgIpc) is 3.33. The van der Waals surface area contributed by atoms with E-state index in [-0.39, 0.29) is 18.8 Å². The maximum Gasteiger partial charge on any atom is 0.326 e. The van der Waals surface area contributed by atoms with Crippen LogP contribution in [0, 0.1) is 5.92 Å². The third kappa shape index (κ3) is 7.88. The van der Waals surface area contributed by atoms with E-state index in [0.29, 0.717) is 5.56 Å². The minimum absolute atomic E-state index is 0.0142. The number of aliphatic hydroxyl groups is 1. The summed E-state index contributed by atoms with van der Waals surface area (Å²) in [6.45, 7) is 2.77. The van der Waals surface area contributed by atoms with Crippen LogP contribution in [-0.2, 0) is 32.0 Å². The van der Waals surface area contributed by atoms with Gasteiger partial charge in [-0.1, -0.05) is 62.4 Å². The number of carboxylic acid groups (broad SMARTS) is 1. The number of aliphatic hydroxyl groups excluding tert-OH is 1. The number of hydrogen-bond donors (Lipinski definition) is 7. The number of carbonyl (C=O) groups is 4. The van der Waals surface area contributed by atoms with Crippen molar-refractivity contribution in [2.24, 2.45) is 11.7 Å². The van der Waals surface area contributed by atoms with E-state index in [0.717, 1.165) is 16.5 Å². The van der Waals surface area contributed by atoms with Crippen molar-refractivity contribution in [3.8, 4) is 0 Å². The molecule has 0 aliphatic carbocycles. The first kappa shape index (κ1) is 29.3. The van der Waals surface area contributed by atoms with Crippen LogP contribution in [0.2, 0.25) is 0 Å². The number of fused-ring (bicyclic) bond motifs is 1. The summed E-state index contributed by atoms with van der Waals surface area (Å²) in [4.78, 5) is 53.9. The molecule has 208 valence electrons. The summed E-state index contributed by atoms with van der Waals surface area (Å²) in [7, 11) is 0. The van der Waals surface area contributed by atoms with Crippen molar-refractivity contribution in [3.05, 3.63) is 71.9 Å². The zero-order valence-corrected chi connectivity index (χ0v) is 21.9. The van der Waals surface area contributed by atoms with E-state index in [9.17, 15) is 29.4 Å². The summed E-state index contributed by atoms with van der Waals surface area (Å²) in [5.41, 5.74) is 8.28. The van der Waals surface area contributed by atoms with Crippen LogP contribution in [-0.4, -0.2) is 69.7 Å². The van der Waals surface area contributed by atoms with Gasteiger partial charge in [0.2, 0.25) is 17.7 Å². The highest BCUT2D eigenvalue weighted by molar-refractivity contribution is 5.95. The monoisotopic (exact) mass is 537 g/mol. The fourth-order valence-electron chi connectivity index (χ4n) is 4.09. The number of aromatic amines is 1. The van der Waals surface area contributed by atoms with Crippen LogP contribution in [0.15, 0.2) is 60.8 Å². The van der Waals surface area contributed by atoms with Gasteiger partial charge in [0.15, 0.2) is 0 Å². The topological polar surface area (TPSA) is 187 Å². The number of H-pyrrole nitrogens is 1. The van der Waals surface area contributed by atoms with E-state index < -0.39 is 54.5 Å². The van der Waals surface area contributed by atoms with Gasteiger partial charge in [0.05, 0.1) is 12.6 Å². The number of carbonyl (C=O) groups excluding carboxylic acids is 3. The predicted octanol–water partition coefficient (Wildman–Crippen LogP) is 0.468. The van der Waals surface area contributed by atoms with Gasteiger partial charge in [0.25, 0.3) is 0 Å². The Kier molecular flexibility index (Phi) is 10.2. The molecule has 0 saturated heterocycles. The predicted molar refractivity (Wildman–Crippen MR) is 145 cm³/mol. The molecule has 0 aliphatic heterocycles. The van der Waals surface area contributed by atoms with Crippen molar-refractivity contribution in [3.63, 3.8) is 0 Å². The molecule has 0 spiro atoms. The van der Waals surface area contributed by atoms with E-state index in [1.54, 1.807) is 50.4 Å². The van der Waals surface area contributed by atoms with Gasteiger partial charge >= 0.3 is 5.97 Å². The molecule has 0 saturated carbocycles. The zero-order valence-electron chi connectivity index (χ0n) is 21.9. The largest absolute Gasteiger partial charge is 0.480 e. The molecule has 3 aromatic rings. The van der Waals surface area contributed by atoms with E-state index in [4.69, 9.17) is 5.73 Å². The van der Waals surface area contributed by atoms with Gasteiger partial charge in [0, 0.05) is 29.9 Å². The number of aliphatic carboxylic acids is 1. The molecule has 0 radical (unpaired) electrons. The van der Waals surface area contributed by atoms with E-state index in [1.807, 2.05) is 24.3 Å². The molecule has 0 bridgehead atoms. The van der Waals surface area contributed by atoms with Gasteiger partial charge in [-0.25, -0.2) is 4.79 Å². The molecular formula is C28H35N5O6. The quantitative estimate of drug-likeness (QED) is 0.165. The van der Waals surface area contributed by atoms with Gasteiger partial charge < -0.3 is 36.9 Å². The van der Waals surface area contributed by atoms with Crippen LogP contribution in [0.4, 0.5) is 0 Å². The lowest BCUT2D eigenvalue weighted by Gasteiger charge is -2.25. The van der Waals surface area contributed by atoms with Crippen molar-refractivity contribution in [1.82, 2.24) is 20.9 Å².